The fourth-order valence-electron chi connectivity index (χ4n) is 3.88. The molecule has 6 heteroatoms. The summed E-state index contributed by atoms with van der Waals surface area (Å²) in [5, 5.41) is 4.07. The highest BCUT2D eigenvalue weighted by atomic mass is 16.7. The Kier molecular flexibility index (Phi) is 8.47. The number of rotatable bonds is 2. The predicted molar refractivity (Wildman–Crippen MR) is 120 cm³/mol. The Labute approximate surface area is 184 Å². The molecule has 0 unspecified atom stereocenters. The summed E-state index contributed by atoms with van der Waals surface area (Å²) in [6, 6.07) is 14.8. The number of fused-ring (bicyclic) bond motifs is 2. The van der Waals surface area contributed by atoms with Gasteiger partial charge in [0.2, 0.25) is 0 Å². The predicted octanol–water partition coefficient (Wildman–Crippen LogP) is 3.93. The van der Waals surface area contributed by atoms with Gasteiger partial charge in [0.25, 0.3) is 11.8 Å². The number of hydroxylamine groups is 2. The number of aryl methyl sites for hydroxylation is 2. The van der Waals surface area contributed by atoms with E-state index in [2.05, 4.69) is 23.5 Å². The van der Waals surface area contributed by atoms with Crippen LogP contribution in [0.25, 0.3) is 0 Å². The zero-order chi connectivity index (χ0) is 22.1. The molecule has 1 atom stereocenters. The first kappa shape index (κ1) is 22.8. The average Bonchev–Trinajstić information content (AvgIpc) is 2.80. The van der Waals surface area contributed by atoms with Gasteiger partial charge in [-0.3, -0.25) is 14.4 Å². The number of amides is 2. The SMILES string of the molecule is CON(C)C(=O)[C@@H]1CCc2ccccc2CCCCCCOc2ccccc2C(=O)N1. The lowest BCUT2D eigenvalue weighted by Crippen LogP contribution is -2.47. The molecule has 31 heavy (non-hydrogen) atoms. The van der Waals surface area contributed by atoms with Gasteiger partial charge < -0.3 is 10.1 Å². The summed E-state index contributed by atoms with van der Waals surface area (Å²) in [6.45, 7) is 0.565. The van der Waals surface area contributed by atoms with E-state index in [0.29, 0.717) is 30.8 Å². The van der Waals surface area contributed by atoms with Crippen LogP contribution in [0.3, 0.4) is 0 Å². The molecule has 1 aliphatic rings. The van der Waals surface area contributed by atoms with E-state index in [1.165, 1.54) is 18.2 Å². The molecule has 0 fully saturated rings. The number of para-hydroxylation sites is 1. The normalized spacial score (nSPS) is 18.1. The summed E-state index contributed by atoms with van der Waals surface area (Å²) >= 11 is 0. The lowest BCUT2D eigenvalue weighted by atomic mass is 9.96. The van der Waals surface area contributed by atoms with E-state index < -0.39 is 6.04 Å². The fraction of sp³-hybridized carbons (Fsp3) is 0.440. The van der Waals surface area contributed by atoms with E-state index in [-0.39, 0.29) is 11.8 Å². The summed E-state index contributed by atoms with van der Waals surface area (Å²) in [4.78, 5) is 31.0. The van der Waals surface area contributed by atoms with E-state index in [0.717, 1.165) is 37.2 Å². The number of hydrogen-bond acceptors (Lipinski definition) is 4. The van der Waals surface area contributed by atoms with Gasteiger partial charge in [-0.1, -0.05) is 49.2 Å². The first-order valence-corrected chi connectivity index (χ1v) is 11.0. The van der Waals surface area contributed by atoms with E-state index >= 15 is 0 Å². The topological polar surface area (TPSA) is 67.9 Å². The molecule has 2 aromatic carbocycles. The largest absolute Gasteiger partial charge is 0.493 e. The maximum absolute atomic E-state index is 13.1. The minimum Gasteiger partial charge on any atom is -0.493 e. The van der Waals surface area contributed by atoms with E-state index in [9.17, 15) is 9.59 Å². The number of benzene rings is 2. The third-order valence-corrected chi connectivity index (χ3v) is 5.74. The Balaban J connectivity index is 1.87. The summed E-state index contributed by atoms with van der Waals surface area (Å²) < 4.78 is 5.90. The van der Waals surface area contributed by atoms with Crippen molar-refractivity contribution in [1.29, 1.82) is 0 Å². The molecule has 0 saturated heterocycles. The molecular weight excluding hydrogens is 392 g/mol. The average molecular weight is 425 g/mol. The van der Waals surface area contributed by atoms with E-state index in [1.54, 1.807) is 25.2 Å². The van der Waals surface area contributed by atoms with E-state index in [4.69, 9.17) is 9.57 Å². The number of hydrogen-bond donors (Lipinski definition) is 1. The van der Waals surface area contributed by atoms with Crippen molar-refractivity contribution >= 4 is 11.8 Å². The Morgan fingerprint density at radius 1 is 1.00 bits per heavy atom. The Hall–Kier alpha value is -2.86. The zero-order valence-corrected chi connectivity index (χ0v) is 18.4. The van der Waals surface area contributed by atoms with Crippen LogP contribution in [0.2, 0.25) is 0 Å². The first-order valence-electron chi connectivity index (χ1n) is 11.0. The molecule has 0 spiro atoms. The van der Waals surface area contributed by atoms with Crippen LogP contribution in [0.4, 0.5) is 0 Å². The highest BCUT2D eigenvalue weighted by Gasteiger charge is 2.26. The second-order valence-corrected chi connectivity index (χ2v) is 7.86. The summed E-state index contributed by atoms with van der Waals surface area (Å²) in [7, 11) is 2.99. The minimum absolute atomic E-state index is 0.284. The van der Waals surface area contributed by atoms with Gasteiger partial charge in [-0.2, -0.15) is 0 Å². The molecule has 0 aromatic heterocycles. The van der Waals surface area contributed by atoms with Gasteiger partial charge in [0.1, 0.15) is 11.8 Å². The van der Waals surface area contributed by atoms with Crippen LogP contribution in [0, 0.1) is 0 Å². The van der Waals surface area contributed by atoms with Gasteiger partial charge in [-0.05, 0) is 55.4 Å². The molecule has 1 aliphatic heterocycles. The van der Waals surface area contributed by atoms with Crippen molar-refractivity contribution in [2.24, 2.45) is 0 Å². The monoisotopic (exact) mass is 424 g/mol. The van der Waals surface area contributed by atoms with Gasteiger partial charge in [-0.25, -0.2) is 5.06 Å². The molecule has 1 heterocycles. The van der Waals surface area contributed by atoms with Gasteiger partial charge in [0, 0.05) is 7.05 Å². The summed E-state index contributed by atoms with van der Waals surface area (Å²) in [6.07, 6.45) is 6.50. The van der Waals surface area contributed by atoms with Crippen molar-refractivity contribution in [3.63, 3.8) is 0 Å². The maximum Gasteiger partial charge on any atom is 0.268 e. The van der Waals surface area contributed by atoms with Crippen LogP contribution in [0.15, 0.2) is 48.5 Å². The van der Waals surface area contributed by atoms with Crippen LogP contribution in [-0.2, 0) is 22.5 Å². The molecule has 6 nitrogen and oxygen atoms in total. The second kappa shape index (κ2) is 11.5. The van der Waals surface area contributed by atoms with Gasteiger partial charge in [-0.15, -0.1) is 0 Å². The molecule has 0 bridgehead atoms. The van der Waals surface area contributed by atoms with Crippen molar-refractivity contribution in [3.05, 3.63) is 65.2 Å². The van der Waals surface area contributed by atoms with Crippen LogP contribution in [0.5, 0.6) is 5.75 Å². The fourth-order valence-corrected chi connectivity index (χ4v) is 3.88. The van der Waals surface area contributed by atoms with Crippen LogP contribution >= 0.6 is 0 Å². The smallest absolute Gasteiger partial charge is 0.268 e. The lowest BCUT2D eigenvalue weighted by Gasteiger charge is -2.24. The summed E-state index contributed by atoms with van der Waals surface area (Å²) in [5.74, 6) is -0.0598. The number of ether oxygens (including phenoxy) is 1. The van der Waals surface area contributed by atoms with Crippen molar-refractivity contribution in [3.8, 4) is 5.75 Å². The Morgan fingerprint density at radius 2 is 1.68 bits per heavy atom. The molecule has 3 rings (SSSR count). The maximum atomic E-state index is 13.1. The minimum atomic E-state index is -0.702. The molecule has 166 valence electrons. The second-order valence-electron chi connectivity index (χ2n) is 7.86. The zero-order valence-electron chi connectivity index (χ0n) is 18.4. The highest BCUT2D eigenvalue weighted by molar-refractivity contribution is 5.99. The first-order chi connectivity index (χ1) is 15.1. The van der Waals surface area contributed by atoms with Crippen molar-refractivity contribution in [2.75, 3.05) is 20.8 Å². The third-order valence-electron chi connectivity index (χ3n) is 5.74. The van der Waals surface area contributed by atoms with Crippen molar-refractivity contribution < 1.29 is 19.2 Å². The van der Waals surface area contributed by atoms with Gasteiger partial charge in [0.15, 0.2) is 0 Å². The third kappa shape index (κ3) is 6.31. The molecule has 0 radical (unpaired) electrons. The number of likely N-dealkylation sites (N-methyl/N-ethyl adjacent to an activating group) is 1. The van der Waals surface area contributed by atoms with Crippen molar-refractivity contribution in [1.82, 2.24) is 10.4 Å². The van der Waals surface area contributed by atoms with Gasteiger partial charge >= 0.3 is 0 Å². The molecule has 2 aromatic rings. The van der Waals surface area contributed by atoms with Gasteiger partial charge in [0.05, 0.1) is 19.3 Å². The van der Waals surface area contributed by atoms with Crippen LogP contribution in [0.1, 0.15) is 53.6 Å². The highest BCUT2D eigenvalue weighted by Crippen LogP contribution is 2.21. The molecule has 0 saturated carbocycles. The molecule has 2 amide bonds. The standard InChI is InChI=1S/C25H32N2O4/c1-27(30-2)25(29)22-17-16-20-13-7-6-12-19(20)11-5-3-4-10-18-31-23-15-9-8-14-21(23)24(28)26-22/h6-9,12-15,22H,3-5,10-11,16-18H2,1-2H3,(H,26,28)/t22-/m0/s1. The number of carbonyl (C=O) groups excluding carboxylic acids is 2. The molecule has 1 N–H and O–H groups in total. The Bertz CT molecular complexity index is 883. The number of nitrogens with zero attached hydrogens (tertiary/aromatic N) is 1. The van der Waals surface area contributed by atoms with Crippen LogP contribution < -0.4 is 10.1 Å². The molecule has 0 aliphatic carbocycles. The Morgan fingerprint density at radius 3 is 2.45 bits per heavy atom. The van der Waals surface area contributed by atoms with E-state index in [1.807, 2.05) is 12.1 Å². The number of nitrogens with one attached hydrogen (secondary N) is 1. The van der Waals surface area contributed by atoms with Crippen LogP contribution in [-0.4, -0.2) is 43.7 Å². The summed E-state index contributed by atoms with van der Waals surface area (Å²) in [5.41, 5.74) is 2.98. The quantitative estimate of drug-likeness (QED) is 0.742. The van der Waals surface area contributed by atoms with Crippen molar-refractivity contribution in [2.45, 2.75) is 51.0 Å². The lowest BCUT2D eigenvalue weighted by molar-refractivity contribution is -0.171. The number of carbonyl (C=O) groups is 2. The molecular formula is C25H32N2O4.